The second-order valence-electron chi connectivity index (χ2n) is 6.15. The van der Waals surface area contributed by atoms with Crippen molar-refractivity contribution in [1.29, 1.82) is 0 Å². The van der Waals surface area contributed by atoms with E-state index in [9.17, 15) is 9.90 Å². The first-order chi connectivity index (χ1) is 12.5. The van der Waals surface area contributed by atoms with Crippen LogP contribution >= 0.6 is 15.9 Å². The highest BCUT2D eigenvalue weighted by atomic mass is 79.9. The zero-order valence-corrected chi connectivity index (χ0v) is 15.9. The van der Waals surface area contributed by atoms with Gasteiger partial charge in [-0.05, 0) is 37.4 Å². The number of hydrogen-bond donors (Lipinski definition) is 2. The van der Waals surface area contributed by atoms with Crippen LogP contribution in [0.25, 0.3) is 10.9 Å². The molecular weight excluding hydrogens is 398 g/mol. The lowest BCUT2D eigenvalue weighted by molar-refractivity contribution is 0.0737. The van der Waals surface area contributed by atoms with Crippen molar-refractivity contribution in [2.45, 2.75) is 12.6 Å². The number of hydrogen-bond acceptors (Lipinski definition) is 5. The fourth-order valence-corrected chi connectivity index (χ4v) is 3.07. The number of nitrogens with zero attached hydrogens (tertiary/aromatic N) is 2. The summed E-state index contributed by atoms with van der Waals surface area (Å²) in [5.74, 6) is 1.26. The highest BCUT2D eigenvalue weighted by Crippen LogP contribution is 2.17. The fraction of sp³-hybridized carbons (Fsp3) is 0.263. The van der Waals surface area contributed by atoms with Gasteiger partial charge in [0.1, 0.15) is 24.3 Å². The summed E-state index contributed by atoms with van der Waals surface area (Å²) >= 11 is 3.38. The van der Waals surface area contributed by atoms with Gasteiger partial charge in [-0.2, -0.15) is 0 Å². The van der Waals surface area contributed by atoms with E-state index in [0.29, 0.717) is 35.6 Å². The second kappa shape index (κ2) is 8.44. The summed E-state index contributed by atoms with van der Waals surface area (Å²) in [6.07, 6.45) is -0.661. The van der Waals surface area contributed by atoms with Crippen LogP contribution in [-0.2, 0) is 6.54 Å². The first-order valence-electron chi connectivity index (χ1n) is 8.24. The predicted molar refractivity (Wildman–Crippen MR) is 104 cm³/mol. The maximum Gasteiger partial charge on any atom is 0.258 e. The van der Waals surface area contributed by atoms with Gasteiger partial charge in [0.15, 0.2) is 0 Å². The summed E-state index contributed by atoms with van der Waals surface area (Å²) < 4.78 is 6.52. The SMILES string of the molecule is CN(Cc1nc2ccccc2c(=O)[nH]1)CC(O)COc1cccc(Br)c1. The number of halogens is 1. The number of aromatic amines is 1. The summed E-state index contributed by atoms with van der Waals surface area (Å²) in [6, 6.07) is 14.7. The van der Waals surface area contributed by atoms with Crippen molar-refractivity contribution in [3.8, 4) is 5.75 Å². The van der Waals surface area contributed by atoms with Crippen LogP contribution in [0.4, 0.5) is 0 Å². The van der Waals surface area contributed by atoms with Crippen LogP contribution in [0.1, 0.15) is 5.82 Å². The van der Waals surface area contributed by atoms with Gasteiger partial charge < -0.3 is 14.8 Å². The molecule has 0 aliphatic rings. The molecule has 0 saturated heterocycles. The summed E-state index contributed by atoms with van der Waals surface area (Å²) in [5, 5.41) is 10.8. The Morgan fingerprint density at radius 3 is 2.88 bits per heavy atom. The minimum Gasteiger partial charge on any atom is -0.491 e. The first-order valence-corrected chi connectivity index (χ1v) is 9.03. The molecule has 3 rings (SSSR count). The number of rotatable bonds is 7. The molecule has 2 aromatic carbocycles. The van der Waals surface area contributed by atoms with Crippen LogP contribution in [-0.4, -0.2) is 46.3 Å². The van der Waals surface area contributed by atoms with Gasteiger partial charge in [-0.25, -0.2) is 4.98 Å². The molecule has 2 N–H and O–H groups in total. The van der Waals surface area contributed by atoms with Gasteiger partial charge in [-0.1, -0.05) is 34.1 Å². The molecule has 0 fully saturated rings. The predicted octanol–water partition coefficient (Wildman–Crippen LogP) is 2.56. The zero-order valence-electron chi connectivity index (χ0n) is 14.4. The minimum absolute atomic E-state index is 0.155. The Morgan fingerprint density at radius 2 is 2.08 bits per heavy atom. The summed E-state index contributed by atoms with van der Waals surface area (Å²) in [5.41, 5.74) is 0.510. The van der Waals surface area contributed by atoms with Crippen LogP contribution in [0.2, 0.25) is 0 Å². The third-order valence-corrected chi connectivity index (χ3v) is 4.34. The van der Waals surface area contributed by atoms with Crippen LogP contribution in [0, 0.1) is 0 Å². The summed E-state index contributed by atoms with van der Waals surface area (Å²) in [7, 11) is 1.86. The third-order valence-electron chi connectivity index (χ3n) is 3.84. The molecule has 26 heavy (non-hydrogen) atoms. The Hall–Kier alpha value is -2.22. The largest absolute Gasteiger partial charge is 0.491 e. The van der Waals surface area contributed by atoms with Gasteiger partial charge >= 0.3 is 0 Å². The van der Waals surface area contributed by atoms with Crippen molar-refractivity contribution in [2.24, 2.45) is 0 Å². The highest BCUT2D eigenvalue weighted by molar-refractivity contribution is 9.10. The van der Waals surface area contributed by atoms with Gasteiger partial charge in [0.2, 0.25) is 0 Å². The van der Waals surface area contributed by atoms with E-state index >= 15 is 0 Å². The Morgan fingerprint density at radius 1 is 1.27 bits per heavy atom. The molecule has 7 heteroatoms. The first kappa shape index (κ1) is 18.6. The zero-order chi connectivity index (χ0) is 18.5. The van der Waals surface area contributed by atoms with Crippen molar-refractivity contribution in [2.75, 3.05) is 20.2 Å². The molecule has 0 amide bonds. The lowest BCUT2D eigenvalue weighted by Gasteiger charge is -2.20. The molecule has 1 atom stereocenters. The van der Waals surface area contributed by atoms with Gasteiger partial charge in [-0.15, -0.1) is 0 Å². The number of aromatic nitrogens is 2. The van der Waals surface area contributed by atoms with Gasteiger partial charge in [0.05, 0.1) is 17.4 Å². The number of aliphatic hydroxyl groups is 1. The lowest BCUT2D eigenvalue weighted by atomic mass is 10.2. The molecule has 3 aromatic rings. The van der Waals surface area contributed by atoms with E-state index in [1.54, 1.807) is 6.07 Å². The third kappa shape index (κ3) is 4.91. The maximum absolute atomic E-state index is 12.1. The Bertz CT molecular complexity index is 944. The van der Waals surface area contributed by atoms with E-state index in [2.05, 4.69) is 25.9 Å². The number of para-hydroxylation sites is 1. The number of likely N-dealkylation sites (N-methyl/N-ethyl adjacent to an activating group) is 1. The van der Waals surface area contributed by atoms with Crippen molar-refractivity contribution in [3.63, 3.8) is 0 Å². The van der Waals surface area contributed by atoms with Crippen molar-refractivity contribution < 1.29 is 9.84 Å². The standard InChI is InChI=1S/C19H20BrN3O3/c1-23(10-14(24)12-26-15-6-4-5-13(20)9-15)11-18-21-17-8-3-2-7-16(17)19(25)22-18/h2-9,14,24H,10-12H2,1H3,(H,21,22,25). The average molecular weight is 418 g/mol. The molecule has 0 saturated carbocycles. The van der Waals surface area contributed by atoms with Gasteiger partial charge in [-0.3, -0.25) is 9.69 Å². The van der Waals surface area contributed by atoms with E-state index in [-0.39, 0.29) is 12.2 Å². The minimum atomic E-state index is -0.661. The Kier molecular flexibility index (Phi) is 6.03. The van der Waals surface area contributed by atoms with E-state index < -0.39 is 6.10 Å². The van der Waals surface area contributed by atoms with E-state index in [0.717, 1.165) is 4.47 Å². The van der Waals surface area contributed by atoms with Crippen LogP contribution in [0.3, 0.4) is 0 Å². The molecule has 0 spiro atoms. The van der Waals surface area contributed by atoms with Gasteiger partial charge in [0.25, 0.3) is 5.56 Å². The van der Waals surface area contributed by atoms with Crippen molar-refractivity contribution >= 4 is 26.8 Å². The highest BCUT2D eigenvalue weighted by Gasteiger charge is 2.12. The number of ether oxygens (including phenoxy) is 1. The summed E-state index contributed by atoms with van der Waals surface area (Å²) in [6.45, 7) is 1.00. The molecular formula is C19H20BrN3O3. The molecule has 1 heterocycles. The second-order valence-corrected chi connectivity index (χ2v) is 7.06. The normalized spacial score (nSPS) is 12.5. The van der Waals surface area contributed by atoms with Crippen molar-refractivity contribution in [1.82, 2.24) is 14.9 Å². The molecule has 0 bridgehead atoms. The number of H-pyrrole nitrogens is 1. The Balaban J connectivity index is 1.56. The number of benzene rings is 2. The maximum atomic E-state index is 12.1. The fourth-order valence-electron chi connectivity index (χ4n) is 2.69. The smallest absolute Gasteiger partial charge is 0.258 e. The van der Waals surface area contributed by atoms with Crippen LogP contribution in [0.15, 0.2) is 57.8 Å². The average Bonchev–Trinajstić information content (AvgIpc) is 2.60. The molecule has 6 nitrogen and oxygen atoms in total. The lowest BCUT2D eigenvalue weighted by Crippen LogP contribution is -2.33. The molecule has 136 valence electrons. The van der Waals surface area contributed by atoms with Crippen LogP contribution in [0.5, 0.6) is 5.75 Å². The molecule has 1 unspecified atom stereocenters. The van der Waals surface area contributed by atoms with Crippen molar-refractivity contribution in [3.05, 3.63) is 69.2 Å². The van der Waals surface area contributed by atoms with E-state index in [1.807, 2.05) is 54.4 Å². The number of fused-ring (bicyclic) bond motifs is 1. The van der Waals surface area contributed by atoms with E-state index in [1.165, 1.54) is 0 Å². The summed E-state index contributed by atoms with van der Waals surface area (Å²) in [4.78, 5) is 21.3. The van der Waals surface area contributed by atoms with Gasteiger partial charge in [0, 0.05) is 11.0 Å². The topological polar surface area (TPSA) is 78.5 Å². The van der Waals surface area contributed by atoms with Crippen LogP contribution < -0.4 is 10.3 Å². The molecule has 0 radical (unpaired) electrons. The number of nitrogens with one attached hydrogen (secondary N) is 1. The molecule has 0 aliphatic heterocycles. The molecule has 0 aliphatic carbocycles. The quantitative estimate of drug-likeness (QED) is 0.617. The number of aliphatic hydroxyl groups excluding tert-OH is 1. The molecule has 1 aromatic heterocycles. The van der Waals surface area contributed by atoms with E-state index in [4.69, 9.17) is 4.74 Å². The monoisotopic (exact) mass is 417 g/mol. The Labute approximate surface area is 159 Å².